The number of nitrogens with one attached hydrogen (secondary N) is 1. The zero-order valence-electron chi connectivity index (χ0n) is 14.3. The lowest BCUT2D eigenvalue weighted by Gasteiger charge is -2.22. The number of benzene rings is 1. The van der Waals surface area contributed by atoms with Crippen molar-refractivity contribution in [2.24, 2.45) is 0 Å². The van der Waals surface area contributed by atoms with Crippen LogP contribution in [0, 0.1) is 0 Å². The number of thioether (sulfide) groups is 1. The van der Waals surface area contributed by atoms with Gasteiger partial charge in [0.1, 0.15) is 5.82 Å². The van der Waals surface area contributed by atoms with Crippen LogP contribution in [0.15, 0.2) is 29.4 Å². The normalized spacial score (nSPS) is 16.7. The first-order valence-corrected chi connectivity index (χ1v) is 10.2. The van der Waals surface area contributed by atoms with Gasteiger partial charge in [-0.05, 0) is 56.1 Å². The van der Waals surface area contributed by atoms with Crippen LogP contribution in [0.5, 0.6) is 0 Å². The maximum Gasteiger partial charge on any atom is 0.189 e. The highest BCUT2D eigenvalue weighted by Gasteiger charge is 2.24. The minimum atomic E-state index is 0.465. The zero-order chi connectivity index (χ0) is 16.4. The standard InChI is InChI=1S/C20H25N3S/c1-2-11-24-20-22-18-10-6-5-9-17(18)19(23-20)21-16-12-14-7-3-4-8-15(14)13-16/h3-4,7-8,16H,2,5-6,9-13H2,1H3,(H,21,22,23). The van der Waals surface area contributed by atoms with Gasteiger partial charge in [0.15, 0.2) is 5.16 Å². The van der Waals surface area contributed by atoms with E-state index in [2.05, 4.69) is 36.5 Å². The number of anilines is 1. The Morgan fingerprint density at radius 2 is 1.83 bits per heavy atom. The molecule has 0 radical (unpaired) electrons. The van der Waals surface area contributed by atoms with Crippen molar-refractivity contribution in [3.05, 3.63) is 46.6 Å². The molecular formula is C20H25N3S. The fraction of sp³-hybridized carbons (Fsp3) is 0.500. The van der Waals surface area contributed by atoms with E-state index < -0.39 is 0 Å². The monoisotopic (exact) mass is 339 g/mol. The fourth-order valence-electron chi connectivity index (χ4n) is 3.80. The van der Waals surface area contributed by atoms with Crippen LogP contribution < -0.4 is 5.32 Å². The first-order chi connectivity index (χ1) is 11.8. The third-order valence-corrected chi connectivity index (χ3v) is 6.04. The van der Waals surface area contributed by atoms with Gasteiger partial charge in [-0.3, -0.25) is 0 Å². The van der Waals surface area contributed by atoms with Crippen LogP contribution in [-0.4, -0.2) is 21.8 Å². The summed E-state index contributed by atoms with van der Waals surface area (Å²) in [5.74, 6) is 2.20. The largest absolute Gasteiger partial charge is 0.366 e. The van der Waals surface area contributed by atoms with Gasteiger partial charge in [0.2, 0.25) is 0 Å². The van der Waals surface area contributed by atoms with Crippen LogP contribution in [0.4, 0.5) is 5.82 Å². The molecule has 3 nitrogen and oxygen atoms in total. The first kappa shape index (κ1) is 15.9. The van der Waals surface area contributed by atoms with E-state index in [1.807, 2.05) is 0 Å². The third-order valence-electron chi connectivity index (χ3n) is 4.99. The van der Waals surface area contributed by atoms with Gasteiger partial charge in [-0.1, -0.05) is 43.0 Å². The van der Waals surface area contributed by atoms with E-state index in [4.69, 9.17) is 9.97 Å². The van der Waals surface area contributed by atoms with Crippen molar-refractivity contribution in [2.45, 2.75) is 63.1 Å². The molecule has 1 N–H and O–H groups in total. The molecule has 0 amide bonds. The van der Waals surface area contributed by atoms with E-state index in [0.29, 0.717) is 6.04 Å². The minimum absolute atomic E-state index is 0.465. The molecule has 2 aliphatic carbocycles. The van der Waals surface area contributed by atoms with Gasteiger partial charge in [0.25, 0.3) is 0 Å². The van der Waals surface area contributed by atoms with E-state index >= 15 is 0 Å². The molecule has 4 heteroatoms. The average molecular weight is 340 g/mol. The lowest BCUT2D eigenvalue weighted by Crippen LogP contribution is -2.23. The smallest absolute Gasteiger partial charge is 0.189 e. The van der Waals surface area contributed by atoms with Crippen molar-refractivity contribution >= 4 is 17.6 Å². The number of fused-ring (bicyclic) bond motifs is 2. The maximum atomic E-state index is 4.89. The molecule has 4 rings (SSSR count). The van der Waals surface area contributed by atoms with Crippen molar-refractivity contribution in [3.8, 4) is 0 Å². The lowest BCUT2D eigenvalue weighted by atomic mass is 9.96. The van der Waals surface area contributed by atoms with Gasteiger partial charge in [0, 0.05) is 17.4 Å². The highest BCUT2D eigenvalue weighted by Crippen LogP contribution is 2.31. The fourth-order valence-corrected chi connectivity index (χ4v) is 4.52. The number of hydrogen-bond acceptors (Lipinski definition) is 4. The third kappa shape index (κ3) is 3.30. The van der Waals surface area contributed by atoms with Crippen molar-refractivity contribution < 1.29 is 0 Å². The number of nitrogens with zero attached hydrogens (tertiary/aromatic N) is 2. The van der Waals surface area contributed by atoms with Crippen molar-refractivity contribution in [1.29, 1.82) is 0 Å². The Hall–Kier alpha value is -1.55. The zero-order valence-corrected chi connectivity index (χ0v) is 15.2. The molecule has 24 heavy (non-hydrogen) atoms. The second-order valence-corrected chi connectivity index (χ2v) is 7.92. The van der Waals surface area contributed by atoms with Crippen LogP contribution >= 0.6 is 11.8 Å². The lowest BCUT2D eigenvalue weighted by molar-refractivity contribution is 0.646. The van der Waals surface area contributed by atoms with Gasteiger partial charge < -0.3 is 5.32 Å². The Morgan fingerprint density at radius 1 is 1.08 bits per heavy atom. The quantitative estimate of drug-likeness (QED) is 0.646. The van der Waals surface area contributed by atoms with Crippen LogP contribution in [0.25, 0.3) is 0 Å². The molecule has 0 spiro atoms. The molecule has 0 atom stereocenters. The summed E-state index contributed by atoms with van der Waals surface area (Å²) in [6.45, 7) is 2.21. The van der Waals surface area contributed by atoms with Crippen LogP contribution in [0.3, 0.4) is 0 Å². The Morgan fingerprint density at radius 3 is 2.58 bits per heavy atom. The van der Waals surface area contributed by atoms with Gasteiger partial charge in [-0.15, -0.1) is 0 Å². The summed E-state index contributed by atoms with van der Waals surface area (Å²) in [5.41, 5.74) is 5.63. The number of rotatable bonds is 5. The molecule has 0 unspecified atom stereocenters. The van der Waals surface area contributed by atoms with Gasteiger partial charge in [-0.25, -0.2) is 9.97 Å². The highest BCUT2D eigenvalue weighted by molar-refractivity contribution is 7.99. The van der Waals surface area contributed by atoms with E-state index in [1.165, 1.54) is 35.2 Å². The summed E-state index contributed by atoms with van der Waals surface area (Å²) in [6, 6.07) is 9.28. The summed E-state index contributed by atoms with van der Waals surface area (Å²) in [7, 11) is 0. The number of aryl methyl sites for hydroxylation is 1. The molecule has 1 heterocycles. The molecule has 0 saturated heterocycles. The van der Waals surface area contributed by atoms with Crippen molar-refractivity contribution in [2.75, 3.05) is 11.1 Å². The molecule has 1 aromatic heterocycles. The van der Waals surface area contributed by atoms with Gasteiger partial charge in [-0.2, -0.15) is 0 Å². The summed E-state index contributed by atoms with van der Waals surface area (Å²) in [6.07, 6.45) is 8.12. The second-order valence-electron chi connectivity index (χ2n) is 6.85. The van der Waals surface area contributed by atoms with E-state index in [1.54, 1.807) is 11.8 Å². The van der Waals surface area contributed by atoms with E-state index in [-0.39, 0.29) is 0 Å². The van der Waals surface area contributed by atoms with Crippen molar-refractivity contribution in [1.82, 2.24) is 9.97 Å². The number of aromatic nitrogens is 2. The summed E-state index contributed by atoms with van der Waals surface area (Å²) in [5, 5.41) is 4.72. The first-order valence-electron chi connectivity index (χ1n) is 9.19. The SMILES string of the molecule is CCCSc1nc2c(c(NC3Cc4ccccc4C3)n1)CCCC2. The van der Waals surface area contributed by atoms with Crippen LogP contribution in [0.2, 0.25) is 0 Å². The predicted molar refractivity (Wildman–Crippen MR) is 101 cm³/mol. The Kier molecular flexibility index (Phi) is 4.74. The molecule has 0 fully saturated rings. The Bertz CT molecular complexity index is 704. The predicted octanol–water partition coefficient (Wildman–Crippen LogP) is 4.44. The minimum Gasteiger partial charge on any atom is -0.366 e. The molecule has 1 aromatic carbocycles. The van der Waals surface area contributed by atoms with Crippen LogP contribution in [0.1, 0.15) is 48.6 Å². The summed E-state index contributed by atoms with van der Waals surface area (Å²) >= 11 is 1.79. The van der Waals surface area contributed by atoms with E-state index in [9.17, 15) is 0 Å². The molecule has 0 bridgehead atoms. The molecular weight excluding hydrogens is 314 g/mol. The van der Waals surface area contributed by atoms with Gasteiger partial charge >= 0.3 is 0 Å². The summed E-state index contributed by atoms with van der Waals surface area (Å²) in [4.78, 5) is 9.73. The molecule has 0 saturated carbocycles. The Labute approximate surface area is 148 Å². The second kappa shape index (κ2) is 7.14. The molecule has 126 valence electrons. The summed E-state index contributed by atoms with van der Waals surface area (Å²) < 4.78 is 0. The molecule has 2 aliphatic rings. The highest BCUT2D eigenvalue weighted by atomic mass is 32.2. The topological polar surface area (TPSA) is 37.8 Å². The number of hydrogen-bond donors (Lipinski definition) is 1. The average Bonchev–Trinajstić information content (AvgIpc) is 3.02. The van der Waals surface area contributed by atoms with E-state index in [0.717, 1.165) is 48.8 Å². The van der Waals surface area contributed by atoms with Crippen LogP contribution in [-0.2, 0) is 25.7 Å². The molecule has 0 aliphatic heterocycles. The Balaban J connectivity index is 1.57. The van der Waals surface area contributed by atoms with Crippen molar-refractivity contribution in [3.63, 3.8) is 0 Å². The molecule has 2 aromatic rings. The van der Waals surface area contributed by atoms with Gasteiger partial charge in [0.05, 0.1) is 5.69 Å². The maximum absolute atomic E-state index is 4.89.